The lowest BCUT2D eigenvalue weighted by molar-refractivity contribution is 0.304. The van der Waals surface area contributed by atoms with Gasteiger partial charge in [-0.15, -0.1) is 0 Å². The topological polar surface area (TPSA) is 21.3 Å². The van der Waals surface area contributed by atoms with Gasteiger partial charge in [0.25, 0.3) is 0 Å². The standard InChI is InChI=1S/C15H14BrNO.C2H6/c16-14-3-1-2-4-15(14)18-10-11-5-6-12-8-17-9-13(12)7-11;1-2/h1-7,17H,8-10H2;1-2H3. The summed E-state index contributed by atoms with van der Waals surface area (Å²) in [4.78, 5) is 0. The van der Waals surface area contributed by atoms with Crippen LogP contribution in [0.5, 0.6) is 5.75 Å². The Morgan fingerprint density at radius 1 is 1.05 bits per heavy atom. The number of benzene rings is 2. The van der Waals surface area contributed by atoms with Gasteiger partial charge in [-0.25, -0.2) is 0 Å². The molecule has 1 aliphatic rings. The molecule has 1 N–H and O–H groups in total. The predicted molar refractivity (Wildman–Crippen MR) is 86.8 cm³/mol. The van der Waals surface area contributed by atoms with E-state index in [0.717, 1.165) is 23.3 Å². The van der Waals surface area contributed by atoms with Gasteiger partial charge < -0.3 is 10.1 Å². The number of hydrogen-bond donors (Lipinski definition) is 1. The van der Waals surface area contributed by atoms with Crippen molar-refractivity contribution in [3.8, 4) is 5.75 Å². The van der Waals surface area contributed by atoms with Gasteiger partial charge in [-0.3, -0.25) is 0 Å². The number of hydrogen-bond acceptors (Lipinski definition) is 2. The fraction of sp³-hybridized carbons (Fsp3) is 0.294. The van der Waals surface area contributed by atoms with Gasteiger partial charge in [0.1, 0.15) is 12.4 Å². The van der Waals surface area contributed by atoms with E-state index >= 15 is 0 Å². The van der Waals surface area contributed by atoms with E-state index in [2.05, 4.69) is 39.4 Å². The van der Waals surface area contributed by atoms with Crippen LogP contribution in [0.25, 0.3) is 0 Å². The highest BCUT2D eigenvalue weighted by atomic mass is 79.9. The Morgan fingerprint density at radius 3 is 2.60 bits per heavy atom. The van der Waals surface area contributed by atoms with Gasteiger partial charge in [0, 0.05) is 13.1 Å². The summed E-state index contributed by atoms with van der Waals surface area (Å²) in [5, 5.41) is 3.35. The number of nitrogens with one attached hydrogen (secondary N) is 1. The molecule has 2 aromatic rings. The van der Waals surface area contributed by atoms with Gasteiger partial charge in [-0.2, -0.15) is 0 Å². The Bertz CT molecular complexity index is 569. The zero-order valence-corrected chi connectivity index (χ0v) is 13.5. The molecule has 0 saturated heterocycles. The summed E-state index contributed by atoms with van der Waals surface area (Å²) in [5.74, 6) is 0.885. The van der Waals surface area contributed by atoms with Crippen molar-refractivity contribution >= 4 is 15.9 Å². The lowest BCUT2D eigenvalue weighted by Crippen LogP contribution is -2.00. The Morgan fingerprint density at radius 2 is 1.80 bits per heavy atom. The molecule has 1 heterocycles. The van der Waals surface area contributed by atoms with E-state index in [0.29, 0.717) is 6.61 Å². The molecule has 0 atom stereocenters. The molecular formula is C17H20BrNO. The van der Waals surface area contributed by atoms with Gasteiger partial charge in [-0.05, 0) is 44.8 Å². The largest absolute Gasteiger partial charge is 0.488 e. The Kier molecular flexibility index (Phi) is 5.62. The smallest absolute Gasteiger partial charge is 0.133 e. The summed E-state index contributed by atoms with van der Waals surface area (Å²) < 4.78 is 6.81. The van der Waals surface area contributed by atoms with Crippen LogP contribution in [0.3, 0.4) is 0 Å². The van der Waals surface area contributed by atoms with E-state index in [1.165, 1.54) is 16.7 Å². The summed E-state index contributed by atoms with van der Waals surface area (Å²) in [5.41, 5.74) is 4.01. The summed E-state index contributed by atoms with van der Waals surface area (Å²) >= 11 is 3.48. The number of fused-ring (bicyclic) bond motifs is 1. The fourth-order valence-corrected chi connectivity index (χ4v) is 2.56. The molecule has 1 aliphatic heterocycles. The van der Waals surface area contributed by atoms with Crippen molar-refractivity contribution in [3.63, 3.8) is 0 Å². The molecule has 3 rings (SSSR count). The molecular weight excluding hydrogens is 314 g/mol. The van der Waals surface area contributed by atoms with Gasteiger partial charge in [-0.1, -0.05) is 44.2 Å². The van der Waals surface area contributed by atoms with Crippen LogP contribution < -0.4 is 10.1 Å². The minimum atomic E-state index is 0.607. The van der Waals surface area contributed by atoms with Crippen molar-refractivity contribution in [1.82, 2.24) is 5.32 Å². The highest BCUT2D eigenvalue weighted by Crippen LogP contribution is 2.25. The highest BCUT2D eigenvalue weighted by molar-refractivity contribution is 9.10. The predicted octanol–water partition coefficient (Wildman–Crippen LogP) is 4.66. The van der Waals surface area contributed by atoms with Gasteiger partial charge in [0.05, 0.1) is 4.47 Å². The van der Waals surface area contributed by atoms with Crippen molar-refractivity contribution in [2.24, 2.45) is 0 Å². The third-order valence-corrected chi connectivity index (χ3v) is 3.79. The van der Waals surface area contributed by atoms with E-state index in [-0.39, 0.29) is 0 Å². The second-order valence-corrected chi connectivity index (χ2v) is 5.28. The van der Waals surface area contributed by atoms with E-state index in [1.807, 2.05) is 38.1 Å². The van der Waals surface area contributed by atoms with Gasteiger partial charge in [0.15, 0.2) is 0 Å². The number of rotatable bonds is 3. The molecule has 2 aromatic carbocycles. The molecule has 0 aliphatic carbocycles. The normalized spacial score (nSPS) is 12.3. The van der Waals surface area contributed by atoms with Crippen LogP contribution in [0, 0.1) is 0 Å². The van der Waals surface area contributed by atoms with Crippen molar-refractivity contribution in [2.75, 3.05) is 0 Å². The lowest BCUT2D eigenvalue weighted by atomic mass is 10.1. The third-order valence-electron chi connectivity index (χ3n) is 3.13. The van der Waals surface area contributed by atoms with E-state index in [9.17, 15) is 0 Å². The molecule has 0 bridgehead atoms. The second-order valence-electron chi connectivity index (χ2n) is 4.43. The third kappa shape index (κ3) is 3.62. The molecule has 0 unspecified atom stereocenters. The highest BCUT2D eigenvalue weighted by Gasteiger charge is 2.10. The lowest BCUT2D eigenvalue weighted by Gasteiger charge is -2.09. The van der Waals surface area contributed by atoms with Crippen LogP contribution >= 0.6 is 15.9 Å². The molecule has 2 nitrogen and oxygen atoms in total. The van der Waals surface area contributed by atoms with Crippen LogP contribution in [-0.4, -0.2) is 0 Å². The first-order valence-corrected chi connectivity index (χ1v) is 7.81. The first kappa shape index (κ1) is 15.1. The maximum Gasteiger partial charge on any atom is 0.133 e. The SMILES string of the molecule is Brc1ccccc1OCc1ccc2c(c1)CNC2.CC. The van der Waals surface area contributed by atoms with Crippen molar-refractivity contribution < 1.29 is 4.74 Å². The van der Waals surface area contributed by atoms with Gasteiger partial charge in [0.2, 0.25) is 0 Å². The maximum absolute atomic E-state index is 5.82. The Hall–Kier alpha value is -1.32. The molecule has 20 heavy (non-hydrogen) atoms. The average molecular weight is 334 g/mol. The molecule has 106 valence electrons. The quantitative estimate of drug-likeness (QED) is 0.882. The van der Waals surface area contributed by atoms with Crippen LogP contribution in [0.15, 0.2) is 46.9 Å². The first-order chi connectivity index (χ1) is 9.83. The summed E-state index contributed by atoms with van der Waals surface area (Å²) in [6, 6.07) is 14.5. The number of ether oxygens (including phenoxy) is 1. The summed E-state index contributed by atoms with van der Waals surface area (Å²) in [6.45, 7) is 6.56. The minimum absolute atomic E-state index is 0.607. The van der Waals surface area contributed by atoms with E-state index in [1.54, 1.807) is 0 Å². The van der Waals surface area contributed by atoms with Crippen molar-refractivity contribution in [1.29, 1.82) is 0 Å². The second kappa shape index (κ2) is 7.46. The van der Waals surface area contributed by atoms with Crippen molar-refractivity contribution in [2.45, 2.75) is 33.5 Å². The molecule has 0 spiro atoms. The molecule has 0 fully saturated rings. The van der Waals surface area contributed by atoms with Crippen molar-refractivity contribution in [3.05, 3.63) is 63.6 Å². The monoisotopic (exact) mass is 333 g/mol. The Balaban J connectivity index is 0.000000704. The van der Waals surface area contributed by atoms with Crippen LogP contribution in [-0.2, 0) is 19.7 Å². The molecule has 3 heteroatoms. The Labute approximate surface area is 129 Å². The fourth-order valence-electron chi connectivity index (χ4n) is 2.16. The van der Waals surface area contributed by atoms with E-state index in [4.69, 9.17) is 4.74 Å². The zero-order chi connectivity index (χ0) is 14.4. The average Bonchev–Trinajstić information content (AvgIpc) is 2.96. The molecule has 0 aromatic heterocycles. The summed E-state index contributed by atoms with van der Waals surface area (Å²) in [7, 11) is 0. The van der Waals surface area contributed by atoms with Crippen LogP contribution in [0.1, 0.15) is 30.5 Å². The first-order valence-electron chi connectivity index (χ1n) is 7.01. The number of halogens is 1. The van der Waals surface area contributed by atoms with Crippen LogP contribution in [0.2, 0.25) is 0 Å². The maximum atomic E-state index is 5.82. The van der Waals surface area contributed by atoms with Crippen LogP contribution in [0.4, 0.5) is 0 Å². The summed E-state index contributed by atoms with van der Waals surface area (Å²) in [6.07, 6.45) is 0. The van der Waals surface area contributed by atoms with Gasteiger partial charge >= 0.3 is 0 Å². The molecule has 0 saturated carbocycles. The number of para-hydroxylation sites is 1. The molecule has 0 radical (unpaired) electrons. The van der Waals surface area contributed by atoms with E-state index < -0.39 is 0 Å². The minimum Gasteiger partial charge on any atom is -0.488 e. The molecule has 0 amide bonds. The zero-order valence-electron chi connectivity index (χ0n) is 11.9.